The minimum absolute atomic E-state index is 0.194. The Morgan fingerprint density at radius 3 is 1.79 bits per heavy atom. The fraction of sp³-hybridized carbons (Fsp3) is 0.273. The van der Waals surface area contributed by atoms with E-state index in [-0.39, 0.29) is 11.8 Å². The van der Waals surface area contributed by atoms with Gasteiger partial charge in [-0.25, -0.2) is 0 Å². The first-order chi connectivity index (χ1) is 13.2. The first-order valence-corrected chi connectivity index (χ1v) is 9.35. The molecule has 2 amide bonds. The van der Waals surface area contributed by atoms with Crippen molar-refractivity contribution >= 4 is 49.1 Å². The van der Waals surface area contributed by atoms with Gasteiger partial charge in [0.05, 0.1) is 0 Å². The van der Waals surface area contributed by atoms with Crippen molar-refractivity contribution in [2.75, 3.05) is 10.6 Å². The summed E-state index contributed by atoms with van der Waals surface area (Å²) in [5.74, 6) is 0.518. The fourth-order valence-corrected chi connectivity index (χ4v) is 3.14. The van der Waals surface area contributed by atoms with E-state index in [1.807, 2.05) is 36.4 Å². The summed E-state index contributed by atoms with van der Waals surface area (Å²) in [5.41, 5.74) is 6.34. The number of amides is 2. The Hall–Kier alpha value is -2.75. The molecule has 4 rings (SSSR count). The average molecular weight is 368 g/mol. The number of rotatable bonds is 2. The molecule has 0 atom stereocenters. The van der Waals surface area contributed by atoms with E-state index in [1.54, 1.807) is 0 Å². The number of hydrogen-bond acceptors (Lipinski definition) is 2. The summed E-state index contributed by atoms with van der Waals surface area (Å²) in [5, 5.41) is 5.45. The molecule has 2 radical (unpaired) electrons. The molecule has 0 saturated carbocycles. The summed E-state index contributed by atoms with van der Waals surface area (Å²) >= 11 is 0. The Morgan fingerprint density at radius 2 is 1.18 bits per heavy atom. The molecule has 0 saturated heterocycles. The molecule has 4 nitrogen and oxygen atoms in total. The van der Waals surface area contributed by atoms with Gasteiger partial charge in [0.1, 0.15) is 0 Å². The molecule has 28 heavy (non-hydrogen) atoms. The number of fused-ring (bicyclic) bond motifs is 2. The number of nitrogens with one attached hydrogen (secondary N) is 2. The summed E-state index contributed by atoms with van der Waals surface area (Å²) in [4.78, 5) is 22.5. The Bertz CT molecular complexity index is 1010. The maximum atomic E-state index is 11.2. The summed E-state index contributed by atoms with van der Waals surface area (Å²) in [6, 6.07) is 11.8. The van der Waals surface area contributed by atoms with Gasteiger partial charge in [-0.05, 0) is 0 Å². The molecule has 2 aliphatic rings. The van der Waals surface area contributed by atoms with Gasteiger partial charge in [0.2, 0.25) is 0 Å². The van der Waals surface area contributed by atoms with Crippen molar-refractivity contribution in [3.8, 4) is 0 Å². The predicted octanol–water partition coefficient (Wildman–Crippen LogP) is 2.90. The zero-order valence-corrected chi connectivity index (χ0v) is 16.6. The van der Waals surface area contributed by atoms with Gasteiger partial charge in [0, 0.05) is 0 Å². The van der Waals surface area contributed by atoms with E-state index in [0.29, 0.717) is 22.8 Å². The Kier molecular flexibility index (Phi) is 5.50. The van der Waals surface area contributed by atoms with Crippen LogP contribution in [0.3, 0.4) is 0 Å². The van der Waals surface area contributed by atoms with Crippen LogP contribution in [0, 0.1) is 0 Å². The SMILES string of the molecule is [B]=C1C(=O)Nc2cc(C(C)C)ccc21.[B]=C1C(=O)Nc2ccc(C(C)C)cc21. The zero-order valence-electron chi connectivity index (χ0n) is 16.6. The number of anilines is 2. The third-order valence-corrected chi connectivity index (χ3v) is 4.99. The van der Waals surface area contributed by atoms with Crippen LogP contribution in [0.4, 0.5) is 11.4 Å². The molecule has 138 valence electrons. The second-order valence-corrected chi connectivity index (χ2v) is 7.66. The van der Waals surface area contributed by atoms with Crippen molar-refractivity contribution < 1.29 is 9.59 Å². The number of carbonyl (C=O) groups excluding carboxylic acids is 2. The van der Waals surface area contributed by atoms with Gasteiger partial charge >= 0.3 is 167 Å². The van der Waals surface area contributed by atoms with Gasteiger partial charge < -0.3 is 0 Å². The van der Waals surface area contributed by atoms with Crippen LogP contribution in [0.2, 0.25) is 0 Å². The second-order valence-electron chi connectivity index (χ2n) is 7.66. The van der Waals surface area contributed by atoms with Gasteiger partial charge in [-0.2, -0.15) is 0 Å². The number of carbonyl (C=O) groups is 2. The third kappa shape index (κ3) is 3.77. The standard InChI is InChI=1S/2C11H11BNO/c1-6(2)7-3-4-9-8(5-7)10(12)11(14)13-9;1-6(2)7-3-4-8-9(5-7)13-11(14)10(8)12/h2*3-6H,1-2H3,(H,13,14). The molecule has 0 unspecified atom stereocenters. The monoisotopic (exact) mass is 368 g/mol. The Labute approximate surface area is 167 Å². The molecule has 2 N–H and O–H groups in total. The molecule has 0 fully saturated rings. The molecule has 6 heteroatoms. The first-order valence-electron chi connectivity index (χ1n) is 9.35. The first kappa shape index (κ1) is 20.0. The maximum absolute atomic E-state index is 11.2. The normalized spacial score (nSPS) is 14.4. The van der Waals surface area contributed by atoms with E-state index >= 15 is 0 Å². The zero-order chi connectivity index (χ0) is 20.6. The molecular weight excluding hydrogens is 346 g/mol. The molecule has 2 aromatic rings. The summed E-state index contributed by atoms with van der Waals surface area (Å²) in [6.07, 6.45) is 0. The van der Waals surface area contributed by atoms with Crippen molar-refractivity contribution in [3.63, 3.8) is 0 Å². The van der Waals surface area contributed by atoms with Gasteiger partial charge in [-0.1, -0.05) is 0 Å². The molecule has 0 aliphatic carbocycles. The molecule has 0 aromatic heterocycles. The molecule has 0 bridgehead atoms. The quantitative estimate of drug-likeness (QED) is 0.802. The van der Waals surface area contributed by atoms with Crippen molar-refractivity contribution in [1.29, 1.82) is 0 Å². The van der Waals surface area contributed by atoms with Crippen molar-refractivity contribution in [1.82, 2.24) is 0 Å². The van der Waals surface area contributed by atoms with E-state index in [2.05, 4.69) is 38.3 Å². The van der Waals surface area contributed by atoms with Crippen LogP contribution in [0.25, 0.3) is 0 Å². The van der Waals surface area contributed by atoms with Gasteiger partial charge in [0.25, 0.3) is 0 Å². The summed E-state index contributed by atoms with van der Waals surface area (Å²) < 4.78 is 0. The molecule has 0 spiro atoms. The Morgan fingerprint density at radius 1 is 0.679 bits per heavy atom. The molecular formula is C22H22B2N2O2. The van der Waals surface area contributed by atoms with Crippen LogP contribution in [-0.4, -0.2) is 37.7 Å². The average Bonchev–Trinajstić information content (AvgIpc) is 3.10. The fourth-order valence-electron chi connectivity index (χ4n) is 3.14. The topological polar surface area (TPSA) is 58.2 Å². The molecule has 2 heterocycles. The minimum atomic E-state index is -0.194. The van der Waals surface area contributed by atoms with Crippen LogP contribution in [0.5, 0.6) is 0 Å². The van der Waals surface area contributed by atoms with Crippen LogP contribution in [-0.2, 0) is 9.59 Å². The third-order valence-electron chi connectivity index (χ3n) is 4.99. The van der Waals surface area contributed by atoms with Gasteiger partial charge in [-0.15, -0.1) is 0 Å². The molecule has 2 aromatic carbocycles. The van der Waals surface area contributed by atoms with Crippen LogP contribution in [0.15, 0.2) is 36.4 Å². The van der Waals surface area contributed by atoms with Crippen molar-refractivity contribution in [2.24, 2.45) is 0 Å². The number of benzene rings is 2. The van der Waals surface area contributed by atoms with Crippen LogP contribution >= 0.6 is 0 Å². The molecule has 2 aliphatic heterocycles. The van der Waals surface area contributed by atoms with Crippen molar-refractivity contribution in [2.45, 2.75) is 39.5 Å². The second kappa shape index (κ2) is 7.70. The Balaban J connectivity index is 0.000000161. The van der Waals surface area contributed by atoms with Crippen LogP contribution < -0.4 is 10.6 Å². The van der Waals surface area contributed by atoms with E-state index in [4.69, 9.17) is 15.0 Å². The van der Waals surface area contributed by atoms with E-state index < -0.39 is 0 Å². The van der Waals surface area contributed by atoms with Gasteiger partial charge in [-0.3, -0.25) is 0 Å². The van der Waals surface area contributed by atoms with Gasteiger partial charge in [0.15, 0.2) is 0 Å². The van der Waals surface area contributed by atoms with E-state index in [1.165, 1.54) is 11.1 Å². The van der Waals surface area contributed by atoms with E-state index in [0.717, 1.165) is 22.5 Å². The van der Waals surface area contributed by atoms with E-state index in [9.17, 15) is 9.59 Å². The summed E-state index contributed by atoms with van der Waals surface area (Å²) in [6.45, 7) is 8.46. The van der Waals surface area contributed by atoms with Crippen LogP contribution in [0.1, 0.15) is 61.8 Å². The predicted molar refractivity (Wildman–Crippen MR) is 118 cm³/mol. The van der Waals surface area contributed by atoms with Crippen molar-refractivity contribution in [3.05, 3.63) is 58.7 Å². The summed E-state index contributed by atoms with van der Waals surface area (Å²) in [7, 11) is 11.3. The number of hydrogen-bond donors (Lipinski definition) is 2.